The Hall–Kier alpha value is -1.14. The van der Waals surface area contributed by atoms with Crippen molar-refractivity contribution in [2.45, 2.75) is 38.6 Å². The molecule has 0 aromatic carbocycles. The molecule has 20 heavy (non-hydrogen) atoms. The number of piperidine rings is 1. The van der Waals surface area contributed by atoms with Gasteiger partial charge >= 0.3 is 6.18 Å². The number of likely N-dealkylation sites (tertiary alicyclic amines) is 1. The second-order valence-corrected chi connectivity index (χ2v) is 5.35. The van der Waals surface area contributed by atoms with Gasteiger partial charge in [0.25, 0.3) is 0 Å². The van der Waals surface area contributed by atoms with E-state index in [1.54, 1.807) is 6.20 Å². The number of rotatable bonds is 3. The fourth-order valence-corrected chi connectivity index (χ4v) is 2.62. The van der Waals surface area contributed by atoms with Crippen LogP contribution in [0.2, 0.25) is 0 Å². The van der Waals surface area contributed by atoms with E-state index < -0.39 is 18.2 Å². The summed E-state index contributed by atoms with van der Waals surface area (Å²) in [6.07, 6.45) is -4.22. The molecule has 0 radical (unpaired) electrons. The van der Waals surface area contributed by atoms with Crippen molar-refractivity contribution in [3.05, 3.63) is 29.6 Å². The molecule has 2 heterocycles. The van der Waals surface area contributed by atoms with Gasteiger partial charge in [0.05, 0.1) is 0 Å². The molecule has 1 atom stereocenters. The highest BCUT2D eigenvalue weighted by molar-refractivity contribution is 5.18. The first-order chi connectivity index (χ1) is 9.38. The number of alkyl halides is 3. The highest BCUT2D eigenvalue weighted by Crippen LogP contribution is 2.31. The maximum atomic E-state index is 12.5. The molecule has 6 heteroatoms. The molecule has 1 N–H and O–H groups in total. The summed E-state index contributed by atoms with van der Waals surface area (Å²) in [5.41, 5.74) is 2.05. The van der Waals surface area contributed by atoms with Crippen molar-refractivity contribution >= 4 is 0 Å². The quantitative estimate of drug-likeness (QED) is 0.928. The molecule has 112 valence electrons. The van der Waals surface area contributed by atoms with E-state index in [1.165, 1.54) is 0 Å². The molecule has 1 aliphatic heterocycles. The fourth-order valence-electron chi connectivity index (χ4n) is 2.62. The minimum Gasteiger partial charge on any atom is -0.383 e. The van der Waals surface area contributed by atoms with Crippen molar-refractivity contribution in [1.29, 1.82) is 0 Å². The molecule has 1 aromatic heterocycles. The van der Waals surface area contributed by atoms with Gasteiger partial charge in [0.1, 0.15) is 0 Å². The number of hydrogen-bond acceptors (Lipinski definition) is 3. The number of hydrogen-bond donors (Lipinski definition) is 1. The summed E-state index contributed by atoms with van der Waals surface area (Å²) in [5.74, 6) is -0.679. The van der Waals surface area contributed by atoms with E-state index >= 15 is 0 Å². The number of nitrogens with zero attached hydrogens (tertiary/aromatic N) is 2. The molecule has 3 nitrogen and oxygen atoms in total. The number of halogens is 3. The van der Waals surface area contributed by atoms with Crippen LogP contribution in [0.5, 0.6) is 0 Å². The Balaban J connectivity index is 1.87. The Morgan fingerprint density at radius 1 is 1.40 bits per heavy atom. The van der Waals surface area contributed by atoms with Crippen LogP contribution in [0.25, 0.3) is 0 Å². The lowest BCUT2D eigenvalue weighted by molar-refractivity contribution is -0.223. The highest BCUT2D eigenvalue weighted by atomic mass is 19.4. The SMILES string of the molecule is Cc1ncccc1CN1CCC(C(O)C(F)(F)F)CC1. The maximum absolute atomic E-state index is 12.5. The van der Waals surface area contributed by atoms with E-state index in [4.69, 9.17) is 0 Å². The summed E-state index contributed by atoms with van der Waals surface area (Å²) in [5, 5.41) is 9.28. The lowest BCUT2D eigenvalue weighted by Crippen LogP contribution is -2.43. The number of aliphatic hydroxyl groups excluding tert-OH is 1. The third-order valence-corrected chi connectivity index (χ3v) is 3.92. The van der Waals surface area contributed by atoms with Crippen LogP contribution < -0.4 is 0 Å². The highest BCUT2D eigenvalue weighted by Gasteiger charge is 2.44. The van der Waals surface area contributed by atoms with Crippen LogP contribution in [-0.2, 0) is 6.54 Å². The average Bonchev–Trinajstić information content (AvgIpc) is 2.40. The predicted octanol–water partition coefficient (Wildman–Crippen LogP) is 2.53. The molecular formula is C14H19F3N2O. The van der Waals surface area contributed by atoms with Crippen LogP contribution in [0.1, 0.15) is 24.1 Å². The lowest BCUT2D eigenvalue weighted by Gasteiger charge is -2.34. The smallest absolute Gasteiger partial charge is 0.383 e. The van der Waals surface area contributed by atoms with Gasteiger partial charge in [-0.3, -0.25) is 9.88 Å². The molecule has 1 aliphatic rings. The minimum absolute atomic E-state index is 0.375. The van der Waals surface area contributed by atoms with Crippen molar-refractivity contribution < 1.29 is 18.3 Å². The molecule has 0 saturated carbocycles. The summed E-state index contributed by atoms with van der Waals surface area (Å²) in [6.45, 7) is 3.78. The monoisotopic (exact) mass is 288 g/mol. The van der Waals surface area contributed by atoms with Crippen LogP contribution in [0.4, 0.5) is 13.2 Å². The summed E-state index contributed by atoms with van der Waals surface area (Å²) in [7, 11) is 0. The van der Waals surface area contributed by atoms with Gasteiger partial charge in [-0.2, -0.15) is 13.2 Å². The third-order valence-electron chi connectivity index (χ3n) is 3.92. The summed E-state index contributed by atoms with van der Waals surface area (Å²) >= 11 is 0. The fraction of sp³-hybridized carbons (Fsp3) is 0.643. The van der Waals surface area contributed by atoms with Crippen LogP contribution in [0, 0.1) is 12.8 Å². The number of aromatic nitrogens is 1. The minimum atomic E-state index is -4.51. The van der Waals surface area contributed by atoms with Gasteiger partial charge in [-0.05, 0) is 50.4 Å². The predicted molar refractivity (Wildman–Crippen MR) is 69.0 cm³/mol. The van der Waals surface area contributed by atoms with E-state index in [2.05, 4.69) is 9.88 Å². The number of aryl methyl sites for hydroxylation is 1. The summed E-state index contributed by atoms with van der Waals surface area (Å²) in [6, 6.07) is 3.85. The Bertz CT molecular complexity index is 442. The van der Waals surface area contributed by atoms with Crippen LogP contribution in [0.15, 0.2) is 18.3 Å². The first-order valence-electron chi connectivity index (χ1n) is 6.75. The third kappa shape index (κ3) is 3.70. The maximum Gasteiger partial charge on any atom is 0.414 e. The van der Waals surface area contributed by atoms with Gasteiger partial charge in [0.2, 0.25) is 0 Å². The molecule has 0 spiro atoms. The second-order valence-electron chi connectivity index (χ2n) is 5.35. The molecule has 2 rings (SSSR count). The molecule has 0 bridgehead atoms. The normalized spacial score (nSPS) is 20.1. The zero-order valence-corrected chi connectivity index (χ0v) is 11.4. The molecule has 1 saturated heterocycles. The van der Waals surface area contributed by atoms with E-state index in [1.807, 2.05) is 19.1 Å². The van der Waals surface area contributed by atoms with E-state index in [0.717, 1.165) is 11.3 Å². The summed E-state index contributed by atoms with van der Waals surface area (Å²) < 4.78 is 37.4. The van der Waals surface area contributed by atoms with Gasteiger partial charge in [0.15, 0.2) is 6.10 Å². The molecule has 0 amide bonds. The van der Waals surface area contributed by atoms with Gasteiger partial charge in [0, 0.05) is 18.4 Å². The lowest BCUT2D eigenvalue weighted by atomic mass is 9.90. The summed E-state index contributed by atoms with van der Waals surface area (Å²) in [4.78, 5) is 6.32. The first-order valence-corrected chi connectivity index (χ1v) is 6.75. The molecule has 0 aliphatic carbocycles. The van der Waals surface area contributed by atoms with E-state index in [0.29, 0.717) is 32.5 Å². The van der Waals surface area contributed by atoms with Crippen LogP contribution >= 0.6 is 0 Å². The van der Waals surface area contributed by atoms with Gasteiger partial charge in [-0.15, -0.1) is 0 Å². The van der Waals surface area contributed by atoms with Crippen molar-refractivity contribution in [2.24, 2.45) is 5.92 Å². The topological polar surface area (TPSA) is 36.4 Å². The van der Waals surface area contributed by atoms with Crippen molar-refractivity contribution in [2.75, 3.05) is 13.1 Å². The Morgan fingerprint density at radius 2 is 2.05 bits per heavy atom. The van der Waals surface area contributed by atoms with E-state index in [9.17, 15) is 18.3 Å². The zero-order valence-electron chi connectivity index (χ0n) is 11.4. The zero-order chi connectivity index (χ0) is 14.8. The molecular weight excluding hydrogens is 269 g/mol. The standard InChI is InChI=1S/C14H19F3N2O/c1-10-12(3-2-6-18-10)9-19-7-4-11(5-8-19)13(20)14(15,16)17/h2-3,6,11,13,20H,4-5,7-9H2,1H3. The Kier molecular flexibility index (Phi) is 4.65. The largest absolute Gasteiger partial charge is 0.414 e. The van der Waals surface area contributed by atoms with Crippen molar-refractivity contribution in [1.82, 2.24) is 9.88 Å². The van der Waals surface area contributed by atoms with Crippen LogP contribution in [-0.4, -0.2) is 40.4 Å². The van der Waals surface area contributed by atoms with Crippen molar-refractivity contribution in [3.8, 4) is 0 Å². The molecule has 1 fully saturated rings. The van der Waals surface area contributed by atoms with Crippen LogP contribution in [0.3, 0.4) is 0 Å². The van der Waals surface area contributed by atoms with Gasteiger partial charge < -0.3 is 5.11 Å². The van der Waals surface area contributed by atoms with Crippen molar-refractivity contribution in [3.63, 3.8) is 0 Å². The Labute approximate surface area is 116 Å². The van der Waals surface area contributed by atoms with Gasteiger partial charge in [-0.25, -0.2) is 0 Å². The second kappa shape index (κ2) is 6.10. The average molecular weight is 288 g/mol. The van der Waals surface area contributed by atoms with E-state index in [-0.39, 0.29) is 0 Å². The van der Waals surface area contributed by atoms with Gasteiger partial charge in [-0.1, -0.05) is 6.07 Å². The molecule has 1 unspecified atom stereocenters. The number of pyridine rings is 1. The Morgan fingerprint density at radius 3 is 2.60 bits per heavy atom. The first kappa shape index (κ1) is 15.3. The number of aliphatic hydroxyl groups is 1. The molecule has 1 aromatic rings.